The molecule has 9 heteroatoms. The van der Waals surface area contributed by atoms with E-state index >= 15 is 0 Å². The topological polar surface area (TPSA) is 69.9 Å². The fourth-order valence-corrected chi connectivity index (χ4v) is 7.39. The molecule has 0 saturated heterocycles. The van der Waals surface area contributed by atoms with Crippen LogP contribution in [-0.4, -0.2) is 17.1 Å². The van der Waals surface area contributed by atoms with Crippen LogP contribution in [0.1, 0.15) is 42.1 Å². The number of aromatic nitrogens is 1. The highest BCUT2D eigenvalue weighted by atomic mass is 79.9. The number of ether oxygens (including phenoxy) is 2. The molecule has 6 nitrogen and oxygen atoms in total. The van der Waals surface area contributed by atoms with Crippen LogP contribution in [0.15, 0.2) is 104 Å². The molecular weight excluding hydrogens is 660 g/mol. The van der Waals surface area contributed by atoms with Crippen LogP contribution < -0.4 is 19.6 Å². The Labute approximate surface area is 271 Å². The molecule has 44 heavy (non-hydrogen) atoms. The van der Waals surface area contributed by atoms with Crippen molar-refractivity contribution >= 4 is 61.7 Å². The number of carbonyl (C=O) groups is 1. The molecule has 0 saturated carbocycles. The van der Waals surface area contributed by atoms with Gasteiger partial charge in [0, 0.05) is 10.6 Å². The van der Waals surface area contributed by atoms with E-state index in [2.05, 4.69) is 39.1 Å². The lowest BCUT2D eigenvalue weighted by Gasteiger charge is -2.24. The molecule has 0 N–H and O–H groups in total. The predicted molar refractivity (Wildman–Crippen MR) is 179 cm³/mol. The minimum atomic E-state index is -0.679. The molecule has 0 bridgehead atoms. The summed E-state index contributed by atoms with van der Waals surface area (Å²) in [5.41, 5.74) is 4.14. The molecule has 222 valence electrons. The summed E-state index contributed by atoms with van der Waals surface area (Å²) < 4.78 is 14.5. The molecule has 1 atom stereocenters. The van der Waals surface area contributed by atoms with Gasteiger partial charge in [-0.05, 0) is 76.8 Å². The molecule has 0 aliphatic carbocycles. The standard InChI is InChI=1S/C35H28BrClN2O4S/c1-4-42-34(41)30-21(3)38-35-39(31(30)23-14-12-20(2)13-15-23)33(40)29(44-35)17-25-16-26(37)18-28(36)32(25)43-19-24-10-7-9-22-8-5-6-11-27(22)24/h5-18,31H,4,19H2,1-3H3/b29-17-/t31-/m1/s1. The SMILES string of the molecule is CCOC(=O)C1=C(C)N=c2s/c(=C\c3cc(Cl)cc(Br)c3OCc3cccc4ccccc34)c(=O)n2[C@@H]1c1ccc(C)cc1. The molecule has 0 amide bonds. The van der Waals surface area contributed by atoms with Crippen LogP contribution in [-0.2, 0) is 16.1 Å². The number of esters is 1. The van der Waals surface area contributed by atoms with Crippen molar-refractivity contribution in [1.82, 2.24) is 4.57 Å². The van der Waals surface area contributed by atoms with Gasteiger partial charge in [0.2, 0.25) is 0 Å². The van der Waals surface area contributed by atoms with Crippen molar-refractivity contribution in [3.05, 3.63) is 142 Å². The van der Waals surface area contributed by atoms with Gasteiger partial charge in [-0.2, -0.15) is 0 Å². The Morgan fingerprint density at radius 1 is 1.07 bits per heavy atom. The number of nitrogens with zero attached hydrogens (tertiary/aromatic N) is 2. The van der Waals surface area contributed by atoms with E-state index in [0.29, 0.717) is 48.0 Å². The van der Waals surface area contributed by atoms with Crippen LogP contribution in [0.2, 0.25) is 5.02 Å². The summed E-state index contributed by atoms with van der Waals surface area (Å²) in [5.74, 6) is 0.0724. The summed E-state index contributed by atoms with van der Waals surface area (Å²) in [7, 11) is 0. The molecule has 0 radical (unpaired) electrons. The van der Waals surface area contributed by atoms with Gasteiger partial charge in [0.15, 0.2) is 4.80 Å². The Balaban J connectivity index is 1.46. The molecule has 0 unspecified atom stereocenters. The summed E-state index contributed by atoms with van der Waals surface area (Å²) in [6.07, 6.45) is 1.77. The summed E-state index contributed by atoms with van der Waals surface area (Å²) in [5, 5.41) is 2.73. The van der Waals surface area contributed by atoms with Crippen LogP contribution in [0.4, 0.5) is 0 Å². The first-order valence-electron chi connectivity index (χ1n) is 14.1. The van der Waals surface area contributed by atoms with Crippen molar-refractivity contribution in [2.75, 3.05) is 6.61 Å². The normalized spacial score (nSPS) is 14.8. The van der Waals surface area contributed by atoms with Crippen molar-refractivity contribution in [3.63, 3.8) is 0 Å². The van der Waals surface area contributed by atoms with Crippen molar-refractivity contribution < 1.29 is 14.3 Å². The number of hydrogen-bond acceptors (Lipinski definition) is 6. The predicted octanol–water partition coefficient (Wildman–Crippen LogP) is 7.25. The maximum absolute atomic E-state index is 14.1. The first-order chi connectivity index (χ1) is 21.2. The average Bonchev–Trinajstić information content (AvgIpc) is 3.30. The summed E-state index contributed by atoms with van der Waals surface area (Å²) in [4.78, 5) is 32.5. The van der Waals surface area contributed by atoms with Gasteiger partial charge < -0.3 is 9.47 Å². The lowest BCUT2D eigenvalue weighted by Crippen LogP contribution is -2.39. The van der Waals surface area contributed by atoms with Gasteiger partial charge in [-0.1, -0.05) is 95.2 Å². The zero-order chi connectivity index (χ0) is 31.0. The van der Waals surface area contributed by atoms with Crippen LogP contribution in [0.3, 0.4) is 0 Å². The molecule has 6 rings (SSSR count). The Bertz CT molecular complexity index is 2130. The highest BCUT2D eigenvalue weighted by Gasteiger charge is 2.33. The number of halogens is 2. The van der Waals surface area contributed by atoms with Crippen LogP contribution in [0.25, 0.3) is 16.8 Å². The first-order valence-corrected chi connectivity index (χ1v) is 16.1. The lowest BCUT2D eigenvalue weighted by atomic mass is 9.95. The van der Waals surface area contributed by atoms with E-state index < -0.39 is 12.0 Å². The molecule has 5 aromatic rings. The third-order valence-electron chi connectivity index (χ3n) is 7.49. The van der Waals surface area contributed by atoms with Crippen molar-refractivity contribution in [2.24, 2.45) is 4.99 Å². The number of fused-ring (bicyclic) bond motifs is 2. The largest absolute Gasteiger partial charge is 0.487 e. The second-order valence-corrected chi connectivity index (χ2v) is 12.7. The summed E-state index contributed by atoms with van der Waals surface area (Å²) >= 11 is 11.4. The molecule has 0 spiro atoms. The van der Waals surface area contributed by atoms with Crippen LogP contribution in [0, 0.1) is 6.92 Å². The van der Waals surface area contributed by atoms with Gasteiger partial charge in [0.25, 0.3) is 5.56 Å². The third kappa shape index (κ3) is 5.77. The van der Waals surface area contributed by atoms with E-state index in [1.54, 1.807) is 36.6 Å². The lowest BCUT2D eigenvalue weighted by molar-refractivity contribution is -0.139. The van der Waals surface area contributed by atoms with Crippen LogP contribution in [0.5, 0.6) is 5.75 Å². The molecule has 1 aromatic heterocycles. The van der Waals surface area contributed by atoms with Crippen molar-refractivity contribution in [2.45, 2.75) is 33.4 Å². The number of thiazole rings is 1. The van der Waals surface area contributed by atoms with Gasteiger partial charge in [-0.15, -0.1) is 0 Å². The molecule has 1 aliphatic rings. The quantitative estimate of drug-likeness (QED) is 0.169. The zero-order valence-corrected chi connectivity index (χ0v) is 27.4. The first kappa shape index (κ1) is 30.1. The number of hydrogen-bond donors (Lipinski definition) is 0. The molecule has 2 heterocycles. The fraction of sp³-hybridized carbons (Fsp3) is 0.171. The molecule has 1 aliphatic heterocycles. The van der Waals surface area contributed by atoms with Crippen LogP contribution >= 0.6 is 38.9 Å². The van der Waals surface area contributed by atoms with E-state index in [9.17, 15) is 9.59 Å². The minimum absolute atomic E-state index is 0.214. The zero-order valence-electron chi connectivity index (χ0n) is 24.3. The van der Waals surface area contributed by atoms with Gasteiger partial charge in [-0.25, -0.2) is 9.79 Å². The summed E-state index contributed by atoms with van der Waals surface area (Å²) in [6.45, 7) is 6.06. The Morgan fingerprint density at radius 2 is 1.82 bits per heavy atom. The second kappa shape index (κ2) is 12.6. The van der Waals surface area contributed by atoms with E-state index in [4.69, 9.17) is 21.1 Å². The maximum atomic E-state index is 14.1. The van der Waals surface area contributed by atoms with Crippen molar-refractivity contribution in [1.29, 1.82) is 0 Å². The number of aryl methyl sites for hydroxylation is 1. The molecular formula is C35H28BrClN2O4S. The van der Waals surface area contributed by atoms with Crippen molar-refractivity contribution in [3.8, 4) is 5.75 Å². The van der Waals surface area contributed by atoms with Gasteiger partial charge in [0.05, 0.1) is 32.9 Å². The number of benzene rings is 4. The number of rotatable bonds is 7. The van der Waals surface area contributed by atoms with E-state index in [0.717, 1.165) is 27.5 Å². The van der Waals surface area contributed by atoms with E-state index in [1.165, 1.54) is 11.3 Å². The summed E-state index contributed by atoms with van der Waals surface area (Å²) in [6, 6.07) is 24.9. The van der Waals surface area contributed by atoms with E-state index in [1.807, 2.05) is 55.5 Å². The third-order valence-corrected chi connectivity index (χ3v) is 9.28. The monoisotopic (exact) mass is 686 g/mol. The number of carbonyl (C=O) groups excluding carboxylic acids is 1. The average molecular weight is 688 g/mol. The highest BCUT2D eigenvalue weighted by Crippen LogP contribution is 2.35. The Kier molecular flexibility index (Phi) is 8.58. The highest BCUT2D eigenvalue weighted by molar-refractivity contribution is 9.10. The van der Waals surface area contributed by atoms with Gasteiger partial charge in [-0.3, -0.25) is 9.36 Å². The Morgan fingerprint density at radius 3 is 2.59 bits per heavy atom. The maximum Gasteiger partial charge on any atom is 0.338 e. The molecule has 0 fully saturated rings. The van der Waals surface area contributed by atoms with E-state index in [-0.39, 0.29) is 12.2 Å². The number of allylic oxidation sites excluding steroid dienone is 1. The Hall–Kier alpha value is -3.98. The van der Waals surface area contributed by atoms with Gasteiger partial charge >= 0.3 is 5.97 Å². The fourth-order valence-electron chi connectivity index (χ4n) is 5.40. The smallest absolute Gasteiger partial charge is 0.338 e. The van der Waals surface area contributed by atoms with Gasteiger partial charge in [0.1, 0.15) is 12.4 Å². The molecule has 4 aromatic carbocycles. The minimum Gasteiger partial charge on any atom is -0.487 e. The second-order valence-electron chi connectivity index (χ2n) is 10.4.